The molecule has 12 heavy (non-hydrogen) atoms. The van der Waals surface area contributed by atoms with Gasteiger partial charge < -0.3 is 9.72 Å². The van der Waals surface area contributed by atoms with Crippen molar-refractivity contribution in [3.8, 4) is 0 Å². The Labute approximate surface area is 71.8 Å². The van der Waals surface area contributed by atoms with Crippen LogP contribution in [-0.2, 0) is 0 Å². The number of anilines is 1. The van der Waals surface area contributed by atoms with E-state index >= 15 is 0 Å². The first-order valence-corrected chi connectivity index (χ1v) is 4.07. The van der Waals surface area contributed by atoms with Crippen LogP contribution in [0.3, 0.4) is 0 Å². The average Bonchev–Trinajstić information content (AvgIpc) is 2.40. The lowest BCUT2D eigenvalue weighted by Crippen LogP contribution is -1.94. The molecule has 0 spiro atoms. The molecule has 62 valence electrons. The summed E-state index contributed by atoms with van der Waals surface area (Å²) < 4.78 is 2.15. The minimum atomic E-state index is 1.17. The maximum atomic E-state index is 3.18. The van der Waals surface area contributed by atoms with E-state index in [2.05, 4.69) is 35.0 Å². The van der Waals surface area contributed by atoms with Crippen molar-refractivity contribution in [3.63, 3.8) is 0 Å². The number of nitrogens with zero attached hydrogens (tertiary/aromatic N) is 1. The summed E-state index contributed by atoms with van der Waals surface area (Å²) in [7, 11) is 1.95. The third kappa shape index (κ3) is 0.881. The standard InChI is InChI=1S/C10H12N2/c1-8-7-9-5-3-4-6-12(9)10(8)11-2/h3-7,11H,1-2H3. The number of hydrogen-bond donors (Lipinski definition) is 1. The van der Waals surface area contributed by atoms with Crippen LogP contribution in [0, 0.1) is 6.92 Å². The van der Waals surface area contributed by atoms with Crippen molar-refractivity contribution in [2.45, 2.75) is 6.92 Å². The minimum absolute atomic E-state index is 1.17. The number of pyridine rings is 1. The Morgan fingerprint density at radius 3 is 2.92 bits per heavy atom. The largest absolute Gasteiger partial charge is 0.374 e. The quantitative estimate of drug-likeness (QED) is 0.677. The average molecular weight is 160 g/mol. The molecule has 0 saturated heterocycles. The number of aromatic nitrogens is 1. The molecule has 2 aromatic rings. The van der Waals surface area contributed by atoms with Gasteiger partial charge in [-0.1, -0.05) is 6.07 Å². The predicted molar refractivity (Wildman–Crippen MR) is 51.7 cm³/mol. The van der Waals surface area contributed by atoms with Crippen LogP contribution in [-0.4, -0.2) is 11.4 Å². The second-order valence-corrected chi connectivity index (χ2v) is 2.92. The zero-order chi connectivity index (χ0) is 8.55. The third-order valence-corrected chi connectivity index (χ3v) is 2.11. The summed E-state index contributed by atoms with van der Waals surface area (Å²) >= 11 is 0. The van der Waals surface area contributed by atoms with Crippen molar-refractivity contribution in [3.05, 3.63) is 36.0 Å². The molecule has 0 saturated carbocycles. The highest BCUT2D eigenvalue weighted by molar-refractivity contribution is 5.62. The van der Waals surface area contributed by atoms with Gasteiger partial charge in [0.15, 0.2) is 0 Å². The van der Waals surface area contributed by atoms with Crippen molar-refractivity contribution < 1.29 is 0 Å². The molecule has 0 fully saturated rings. The van der Waals surface area contributed by atoms with Crippen LogP contribution >= 0.6 is 0 Å². The number of aryl methyl sites for hydroxylation is 1. The van der Waals surface area contributed by atoms with E-state index in [9.17, 15) is 0 Å². The van der Waals surface area contributed by atoms with Crippen LogP contribution in [0.4, 0.5) is 5.82 Å². The molecule has 0 bridgehead atoms. The zero-order valence-corrected chi connectivity index (χ0v) is 7.33. The van der Waals surface area contributed by atoms with Crippen molar-refractivity contribution in [1.82, 2.24) is 4.40 Å². The van der Waals surface area contributed by atoms with Gasteiger partial charge in [-0.25, -0.2) is 0 Å². The summed E-state index contributed by atoms with van der Waals surface area (Å²) in [5, 5.41) is 3.18. The first kappa shape index (κ1) is 7.22. The maximum absolute atomic E-state index is 3.18. The van der Waals surface area contributed by atoms with E-state index in [1.807, 2.05) is 19.2 Å². The lowest BCUT2D eigenvalue weighted by atomic mass is 10.3. The number of hydrogen-bond acceptors (Lipinski definition) is 1. The molecule has 0 amide bonds. The molecule has 2 heteroatoms. The normalized spacial score (nSPS) is 10.5. The molecule has 1 N–H and O–H groups in total. The SMILES string of the molecule is CNc1c(C)cc2ccccn12. The maximum Gasteiger partial charge on any atom is 0.113 e. The molecule has 0 aliphatic heterocycles. The van der Waals surface area contributed by atoms with E-state index in [1.165, 1.54) is 16.9 Å². The Hall–Kier alpha value is -1.44. The molecular weight excluding hydrogens is 148 g/mol. The van der Waals surface area contributed by atoms with Gasteiger partial charge in [-0.3, -0.25) is 0 Å². The topological polar surface area (TPSA) is 16.4 Å². The predicted octanol–water partition coefficient (Wildman–Crippen LogP) is 2.29. The first-order valence-electron chi connectivity index (χ1n) is 4.07. The first-order chi connectivity index (χ1) is 5.83. The van der Waals surface area contributed by atoms with E-state index in [0.29, 0.717) is 0 Å². The molecule has 0 radical (unpaired) electrons. The Balaban J connectivity index is 2.81. The number of rotatable bonds is 1. The highest BCUT2D eigenvalue weighted by atomic mass is 15.0. The zero-order valence-electron chi connectivity index (χ0n) is 7.33. The van der Waals surface area contributed by atoms with Crippen LogP contribution in [0.1, 0.15) is 5.56 Å². The van der Waals surface area contributed by atoms with E-state index < -0.39 is 0 Å². The third-order valence-electron chi connectivity index (χ3n) is 2.11. The minimum Gasteiger partial charge on any atom is -0.374 e. The fourth-order valence-corrected chi connectivity index (χ4v) is 1.58. The van der Waals surface area contributed by atoms with Gasteiger partial charge in [0, 0.05) is 18.8 Å². The fraction of sp³-hybridized carbons (Fsp3) is 0.200. The van der Waals surface area contributed by atoms with Crippen LogP contribution in [0.2, 0.25) is 0 Å². The molecule has 0 aliphatic carbocycles. The summed E-state index contributed by atoms with van der Waals surface area (Å²) in [6.45, 7) is 2.11. The summed E-state index contributed by atoms with van der Waals surface area (Å²) in [4.78, 5) is 0. The Bertz CT molecular complexity index is 401. The molecule has 2 heterocycles. The molecule has 0 aliphatic rings. The van der Waals surface area contributed by atoms with Gasteiger partial charge in [-0.15, -0.1) is 0 Å². The van der Waals surface area contributed by atoms with Crippen molar-refractivity contribution in [1.29, 1.82) is 0 Å². The second kappa shape index (κ2) is 2.55. The molecule has 2 rings (SSSR count). The summed E-state index contributed by atoms with van der Waals surface area (Å²) in [6.07, 6.45) is 2.06. The van der Waals surface area contributed by atoms with E-state index in [-0.39, 0.29) is 0 Å². The smallest absolute Gasteiger partial charge is 0.113 e. The van der Waals surface area contributed by atoms with Crippen molar-refractivity contribution in [2.75, 3.05) is 12.4 Å². The van der Waals surface area contributed by atoms with Gasteiger partial charge in [-0.05, 0) is 30.7 Å². The monoisotopic (exact) mass is 160 g/mol. The summed E-state index contributed by atoms with van der Waals surface area (Å²) in [5.74, 6) is 1.17. The summed E-state index contributed by atoms with van der Waals surface area (Å²) in [5.41, 5.74) is 2.52. The molecule has 0 aromatic carbocycles. The molecular formula is C10H12N2. The van der Waals surface area contributed by atoms with Gasteiger partial charge >= 0.3 is 0 Å². The van der Waals surface area contributed by atoms with Gasteiger partial charge in [0.1, 0.15) is 5.82 Å². The van der Waals surface area contributed by atoms with Crippen molar-refractivity contribution >= 4 is 11.3 Å². The lowest BCUT2D eigenvalue weighted by molar-refractivity contribution is 1.17. The van der Waals surface area contributed by atoms with Crippen LogP contribution in [0.15, 0.2) is 30.5 Å². The molecule has 2 aromatic heterocycles. The Kier molecular flexibility index (Phi) is 1.54. The number of fused-ring (bicyclic) bond motifs is 1. The van der Waals surface area contributed by atoms with Gasteiger partial charge in [0.2, 0.25) is 0 Å². The molecule has 0 unspecified atom stereocenters. The van der Waals surface area contributed by atoms with E-state index in [0.717, 1.165) is 0 Å². The van der Waals surface area contributed by atoms with E-state index in [4.69, 9.17) is 0 Å². The Morgan fingerprint density at radius 2 is 2.17 bits per heavy atom. The molecule has 2 nitrogen and oxygen atoms in total. The highest BCUT2D eigenvalue weighted by Crippen LogP contribution is 2.19. The van der Waals surface area contributed by atoms with Crippen molar-refractivity contribution in [2.24, 2.45) is 0 Å². The highest BCUT2D eigenvalue weighted by Gasteiger charge is 2.02. The van der Waals surface area contributed by atoms with Gasteiger partial charge in [0.25, 0.3) is 0 Å². The van der Waals surface area contributed by atoms with Crippen LogP contribution in [0.5, 0.6) is 0 Å². The van der Waals surface area contributed by atoms with Gasteiger partial charge in [0.05, 0.1) is 0 Å². The van der Waals surface area contributed by atoms with Crippen LogP contribution in [0.25, 0.3) is 5.52 Å². The summed E-state index contributed by atoms with van der Waals surface area (Å²) in [6, 6.07) is 8.36. The van der Waals surface area contributed by atoms with Crippen LogP contribution < -0.4 is 5.32 Å². The van der Waals surface area contributed by atoms with Gasteiger partial charge in [-0.2, -0.15) is 0 Å². The Morgan fingerprint density at radius 1 is 1.33 bits per heavy atom. The van der Waals surface area contributed by atoms with E-state index in [1.54, 1.807) is 0 Å². The fourth-order valence-electron chi connectivity index (χ4n) is 1.58. The molecule has 0 atom stereocenters. The number of nitrogens with one attached hydrogen (secondary N) is 1. The second-order valence-electron chi connectivity index (χ2n) is 2.92. The lowest BCUT2D eigenvalue weighted by Gasteiger charge is -2.01.